The average Bonchev–Trinajstić information content (AvgIpc) is 3.13. The number of anilines is 1. The van der Waals surface area contributed by atoms with Crippen molar-refractivity contribution in [1.29, 1.82) is 0 Å². The zero-order valence-corrected chi connectivity index (χ0v) is 19.5. The van der Waals surface area contributed by atoms with E-state index in [-0.39, 0.29) is 12.5 Å². The molecular formula is C27H29N3O3. The van der Waals surface area contributed by atoms with Crippen LogP contribution in [0.5, 0.6) is 5.75 Å². The van der Waals surface area contributed by atoms with Crippen molar-refractivity contribution in [3.05, 3.63) is 88.8 Å². The van der Waals surface area contributed by atoms with Gasteiger partial charge in [-0.05, 0) is 75.0 Å². The Hall–Kier alpha value is -3.64. The number of ether oxygens (including phenoxy) is 1. The Balaban J connectivity index is 1.57. The summed E-state index contributed by atoms with van der Waals surface area (Å²) in [5.41, 5.74) is 4.14. The number of hydrogen-bond acceptors (Lipinski definition) is 5. The monoisotopic (exact) mass is 443 g/mol. The molecule has 0 saturated carbocycles. The first-order chi connectivity index (χ1) is 15.9. The van der Waals surface area contributed by atoms with Gasteiger partial charge in [0.15, 0.2) is 0 Å². The molecule has 0 saturated heterocycles. The highest BCUT2D eigenvalue weighted by Crippen LogP contribution is 2.28. The van der Waals surface area contributed by atoms with Crippen molar-refractivity contribution < 1.29 is 14.1 Å². The van der Waals surface area contributed by atoms with E-state index in [0.29, 0.717) is 17.1 Å². The van der Waals surface area contributed by atoms with Crippen molar-refractivity contribution in [3.63, 3.8) is 0 Å². The first-order valence-corrected chi connectivity index (χ1v) is 11.0. The number of nitrogens with one attached hydrogen (secondary N) is 1. The molecule has 4 aromatic rings. The zero-order chi connectivity index (χ0) is 23.4. The van der Waals surface area contributed by atoms with E-state index < -0.39 is 0 Å². The molecule has 1 amide bonds. The van der Waals surface area contributed by atoms with E-state index in [1.807, 2.05) is 74.5 Å². The van der Waals surface area contributed by atoms with Gasteiger partial charge in [0, 0.05) is 12.2 Å². The lowest BCUT2D eigenvalue weighted by Gasteiger charge is -2.14. The highest BCUT2D eigenvalue weighted by Gasteiger charge is 2.17. The number of rotatable bonds is 8. The van der Waals surface area contributed by atoms with Crippen molar-refractivity contribution in [2.24, 2.45) is 0 Å². The summed E-state index contributed by atoms with van der Waals surface area (Å²) in [4.78, 5) is 15.4. The van der Waals surface area contributed by atoms with Crippen molar-refractivity contribution in [1.82, 2.24) is 10.1 Å². The molecule has 0 aliphatic heterocycles. The summed E-state index contributed by atoms with van der Waals surface area (Å²) in [6, 6.07) is 19.7. The van der Waals surface area contributed by atoms with Gasteiger partial charge in [0.1, 0.15) is 18.1 Å². The molecule has 1 N–H and O–H groups in total. The van der Waals surface area contributed by atoms with Crippen LogP contribution in [0.2, 0.25) is 0 Å². The number of aryl methyl sites for hydroxylation is 2. The van der Waals surface area contributed by atoms with Crippen LogP contribution in [0.1, 0.15) is 32.9 Å². The molecule has 1 heterocycles. The lowest BCUT2D eigenvalue weighted by atomic mass is 10.0. The Morgan fingerprint density at radius 3 is 2.36 bits per heavy atom. The SMILES string of the molecule is Cc1noc(C)c1COc1cc2ccccc2cc1C(=O)Nc1ccc(CCN(C)C)cc1. The van der Waals surface area contributed by atoms with Crippen molar-refractivity contribution in [2.75, 3.05) is 26.0 Å². The molecule has 3 aromatic carbocycles. The summed E-state index contributed by atoms with van der Waals surface area (Å²) in [5, 5.41) is 8.98. The lowest BCUT2D eigenvalue weighted by Crippen LogP contribution is -2.15. The van der Waals surface area contributed by atoms with Gasteiger partial charge in [-0.3, -0.25) is 4.79 Å². The van der Waals surface area contributed by atoms with E-state index in [0.717, 1.165) is 40.7 Å². The molecule has 0 aliphatic rings. The highest BCUT2D eigenvalue weighted by molar-refractivity contribution is 6.08. The summed E-state index contributed by atoms with van der Waals surface area (Å²) in [6.07, 6.45) is 0.964. The highest BCUT2D eigenvalue weighted by atomic mass is 16.5. The number of aromatic nitrogens is 1. The molecule has 170 valence electrons. The Morgan fingerprint density at radius 2 is 1.73 bits per heavy atom. The van der Waals surface area contributed by atoms with Crippen LogP contribution in [-0.4, -0.2) is 36.6 Å². The third-order valence-corrected chi connectivity index (χ3v) is 5.71. The molecule has 6 nitrogen and oxygen atoms in total. The molecule has 0 radical (unpaired) electrons. The van der Waals surface area contributed by atoms with Gasteiger partial charge in [-0.25, -0.2) is 0 Å². The third kappa shape index (κ3) is 5.41. The molecule has 33 heavy (non-hydrogen) atoms. The van der Waals surface area contributed by atoms with E-state index in [2.05, 4.69) is 29.5 Å². The number of likely N-dealkylation sites (N-methyl/N-ethyl adjacent to an activating group) is 1. The second-order valence-corrected chi connectivity index (χ2v) is 8.49. The Labute approximate surface area is 194 Å². The Morgan fingerprint density at radius 1 is 1.03 bits per heavy atom. The predicted molar refractivity (Wildman–Crippen MR) is 131 cm³/mol. The minimum Gasteiger partial charge on any atom is -0.488 e. The average molecular weight is 444 g/mol. The second-order valence-electron chi connectivity index (χ2n) is 8.49. The van der Waals surface area contributed by atoms with Crippen LogP contribution in [0.25, 0.3) is 10.8 Å². The Kier molecular flexibility index (Phi) is 6.75. The largest absolute Gasteiger partial charge is 0.488 e. The predicted octanol–water partition coefficient (Wildman–Crippen LogP) is 5.38. The summed E-state index contributed by atoms with van der Waals surface area (Å²) in [6.45, 7) is 5.00. The minimum absolute atomic E-state index is 0.212. The number of nitrogens with zero attached hydrogens (tertiary/aromatic N) is 2. The number of amides is 1. The van der Waals surface area contributed by atoms with Crippen LogP contribution < -0.4 is 10.1 Å². The van der Waals surface area contributed by atoms with Crippen molar-refractivity contribution in [3.8, 4) is 5.75 Å². The van der Waals surface area contributed by atoms with Crippen LogP contribution in [-0.2, 0) is 13.0 Å². The molecule has 0 spiro atoms. The normalized spacial score (nSPS) is 11.2. The molecular weight excluding hydrogens is 414 g/mol. The third-order valence-electron chi connectivity index (χ3n) is 5.71. The second kappa shape index (κ2) is 9.88. The molecule has 0 unspecified atom stereocenters. The van der Waals surface area contributed by atoms with E-state index >= 15 is 0 Å². The van der Waals surface area contributed by atoms with Gasteiger partial charge in [-0.15, -0.1) is 0 Å². The topological polar surface area (TPSA) is 67.6 Å². The first kappa shape index (κ1) is 22.6. The van der Waals surface area contributed by atoms with E-state index in [4.69, 9.17) is 9.26 Å². The molecule has 0 fully saturated rings. The number of carbonyl (C=O) groups is 1. The minimum atomic E-state index is -0.212. The Bertz CT molecular complexity index is 1240. The van der Waals surface area contributed by atoms with Gasteiger partial charge in [0.05, 0.1) is 16.8 Å². The number of carbonyl (C=O) groups excluding carboxylic acids is 1. The summed E-state index contributed by atoms with van der Waals surface area (Å²) < 4.78 is 11.4. The molecule has 0 atom stereocenters. The fraction of sp³-hybridized carbons (Fsp3) is 0.259. The number of fused-ring (bicyclic) bond motifs is 1. The van der Waals surface area contributed by atoms with Crippen LogP contribution in [0.15, 0.2) is 65.2 Å². The fourth-order valence-electron chi connectivity index (χ4n) is 3.68. The molecule has 0 aliphatic carbocycles. The molecule has 0 bridgehead atoms. The van der Waals surface area contributed by atoms with E-state index in [1.165, 1.54) is 5.56 Å². The number of hydrogen-bond donors (Lipinski definition) is 1. The van der Waals surface area contributed by atoms with Gasteiger partial charge in [-0.2, -0.15) is 0 Å². The zero-order valence-electron chi connectivity index (χ0n) is 19.5. The lowest BCUT2D eigenvalue weighted by molar-refractivity contribution is 0.102. The molecule has 4 rings (SSSR count). The van der Waals surface area contributed by atoms with Crippen LogP contribution in [0, 0.1) is 13.8 Å². The summed E-state index contributed by atoms with van der Waals surface area (Å²) in [5.74, 6) is 1.03. The van der Waals surface area contributed by atoms with Crippen LogP contribution >= 0.6 is 0 Å². The summed E-state index contributed by atoms with van der Waals surface area (Å²) >= 11 is 0. The van der Waals surface area contributed by atoms with Crippen molar-refractivity contribution >= 4 is 22.4 Å². The van der Waals surface area contributed by atoms with Gasteiger partial charge < -0.3 is 19.5 Å². The van der Waals surface area contributed by atoms with Gasteiger partial charge in [0.2, 0.25) is 0 Å². The maximum atomic E-state index is 13.2. The van der Waals surface area contributed by atoms with Crippen LogP contribution in [0.3, 0.4) is 0 Å². The van der Waals surface area contributed by atoms with Crippen molar-refractivity contribution in [2.45, 2.75) is 26.9 Å². The first-order valence-electron chi connectivity index (χ1n) is 11.0. The summed E-state index contributed by atoms with van der Waals surface area (Å²) in [7, 11) is 4.12. The fourth-order valence-corrected chi connectivity index (χ4v) is 3.68. The standard InChI is InChI=1S/C27H29N3O3/c1-18-25(19(2)33-29-18)17-32-26-16-22-8-6-5-7-21(22)15-24(26)27(31)28-23-11-9-20(10-12-23)13-14-30(3)4/h5-12,15-16H,13-14,17H2,1-4H3,(H,28,31). The molecule has 1 aromatic heterocycles. The van der Waals surface area contributed by atoms with Crippen LogP contribution in [0.4, 0.5) is 5.69 Å². The van der Waals surface area contributed by atoms with Gasteiger partial charge >= 0.3 is 0 Å². The number of benzene rings is 3. The van der Waals surface area contributed by atoms with Gasteiger partial charge in [0.25, 0.3) is 5.91 Å². The quantitative estimate of drug-likeness (QED) is 0.396. The molecule has 6 heteroatoms. The maximum Gasteiger partial charge on any atom is 0.259 e. The van der Waals surface area contributed by atoms with E-state index in [1.54, 1.807) is 0 Å². The van der Waals surface area contributed by atoms with E-state index in [9.17, 15) is 4.79 Å². The maximum absolute atomic E-state index is 13.2. The smallest absolute Gasteiger partial charge is 0.259 e. The van der Waals surface area contributed by atoms with Gasteiger partial charge in [-0.1, -0.05) is 41.6 Å².